The number of hydrogen-bond donors (Lipinski definition) is 2. The minimum Gasteiger partial charge on any atom is -0.508 e. The van der Waals surface area contributed by atoms with Crippen LogP contribution in [0.4, 0.5) is 5.69 Å². The Hall–Kier alpha value is -3.57. The highest BCUT2D eigenvalue weighted by Gasteiger charge is 2.44. The van der Waals surface area contributed by atoms with Crippen molar-refractivity contribution in [2.75, 3.05) is 4.90 Å². The molecule has 0 bridgehead atoms. The van der Waals surface area contributed by atoms with Crippen molar-refractivity contribution in [3.8, 4) is 5.75 Å². The van der Waals surface area contributed by atoms with Crippen molar-refractivity contribution in [3.63, 3.8) is 0 Å². The smallest absolute Gasteiger partial charge is 0.294 e. The second kappa shape index (κ2) is 8.66. The fraction of sp³-hybridized carbons (Fsp3) is 0.120. The van der Waals surface area contributed by atoms with Crippen LogP contribution in [0.15, 0.2) is 90.2 Å². The van der Waals surface area contributed by atoms with Crippen LogP contribution in [-0.4, -0.2) is 21.9 Å². The van der Waals surface area contributed by atoms with Crippen LogP contribution in [0.25, 0.3) is 0 Å². The number of Topliss-reactive ketones (excluding diaryl/α,β-unsaturated/α-hetero) is 1. The van der Waals surface area contributed by atoms with E-state index in [2.05, 4.69) is 0 Å². The number of phenolic OH excluding ortho intramolecular Hbond substituents is 1. The summed E-state index contributed by atoms with van der Waals surface area (Å²) in [6.07, 6.45) is 0.638. The minimum absolute atomic E-state index is 0.0478. The number of rotatable bonds is 6. The topological polar surface area (TPSA) is 77.8 Å². The number of ketones is 1. The third-order valence-corrected chi connectivity index (χ3v) is 5.52. The largest absolute Gasteiger partial charge is 0.508 e. The average molecular weight is 434 g/mol. The molecule has 0 spiro atoms. The lowest BCUT2D eigenvalue weighted by molar-refractivity contribution is -0.118. The molecule has 0 radical (unpaired) electrons. The first kappa shape index (κ1) is 20.7. The number of aliphatic hydroxyl groups excluding tert-OH is 1. The van der Waals surface area contributed by atoms with Crippen molar-refractivity contribution in [2.24, 2.45) is 0 Å². The second-order valence-electron chi connectivity index (χ2n) is 7.32. The van der Waals surface area contributed by atoms with Gasteiger partial charge >= 0.3 is 0 Å². The average Bonchev–Trinajstić information content (AvgIpc) is 3.04. The van der Waals surface area contributed by atoms with Gasteiger partial charge in [0.1, 0.15) is 5.75 Å². The minimum atomic E-state index is -0.824. The van der Waals surface area contributed by atoms with Gasteiger partial charge in [-0.1, -0.05) is 60.1 Å². The number of halogens is 1. The number of aryl methyl sites for hydroxylation is 1. The molecule has 3 aromatic rings. The Balaban J connectivity index is 1.73. The number of carbonyl (C=O) groups is 2. The molecule has 1 heterocycles. The number of carbonyl (C=O) groups excluding carboxylic acids is 2. The Morgan fingerprint density at radius 2 is 1.65 bits per heavy atom. The lowest BCUT2D eigenvalue weighted by atomic mass is 9.93. The Bertz CT molecular complexity index is 1160. The zero-order valence-corrected chi connectivity index (χ0v) is 17.3. The van der Waals surface area contributed by atoms with E-state index in [0.717, 1.165) is 5.56 Å². The molecule has 31 heavy (non-hydrogen) atoms. The molecular formula is C25H20ClNO4. The SMILES string of the molecule is O=C(CCc1ccccc1)C1=C(O)C(=O)N(c2cccc(Cl)c2)C1c1ccc(O)cc1. The lowest BCUT2D eigenvalue weighted by Gasteiger charge is -2.27. The summed E-state index contributed by atoms with van der Waals surface area (Å²) in [6, 6.07) is 21.6. The fourth-order valence-electron chi connectivity index (χ4n) is 3.79. The zero-order chi connectivity index (χ0) is 22.0. The van der Waals surface area contributed by atoms with E-state index in [0.29, 0.717) is 22.7 Å². The monoisotopic (exact) mass is 433 g/mol. The number of hydrogen-bond acceptors (Lipinski definition) is 4. The van der Waals surface area contributed by atoms with E-state index in [9.17, 15) is 19.8 Å². The molecule has 1 aliphatic heterocycles. The van der Waals surface area contributed by atoms with E-state index in [1.165, 1.54) is 17.0 Å². The summed E-state index contributed by atoms with van der Waals surface area (Å²) < 4.78 is 0. The van der Waals surface area contributed by atoms with Crippen LogP contribution in [0.1, 0.15) is 23.6 Å². The number of aromatic hydroxyl groups is 1. The number of benzene rings is 3. The van der Waals surface area contributed by atoms with Gasteiger partial charge < -0.3 is 10.2 Å². The van der Waals surface area contributed by atoms with Crippen molar-refractivity contribution >= 4 is 29.0 Å². The van der Waals surface area contributed by atoms with Crippen LogP contribution >= 0.6 is 11.6 Å². The molecule has 1 aliphatic rings. The Kier molecular flexibility index (Phi) is 5.78. The molecule has 5 nitrogen and oxygen atoms in total. The number of aliphatic hydroxyl groups is 1. The van der Waals surface area contributed by atoms with Gasteiger partial charge in [-0.15, -0.1) is 0 Å². The lowest BCUT2D eigenvalue weighted by Crippen LogP contribution is -2.31. The summed E-state index contributed by atoms with van der Waals surface area (Å²) in [7, 11) is 0. The van der Waals surface area contributed by atoms with Crippen LogP contribution in [0.5, 0.6) is 5.75 Å². The maximum Gasteiger partial charge on any atom is 0.294 e. The highest BCUT2D eigenvalue weighted by molar-refractivity contribution is 6.31. The first-order valence-corrected chi connectivity index (χ1v) is 10.2. The molecule has 2 N–H and O–H groups in total. The van der Waals surface area contributed by atoms with Gasteiger partial charge in [0.05, 0.1) is 11.6 Å². The van der Waals surface area contributed by atoms with Crippen LogP contribution in [-0.2, 0) is 16.0 Å². The molecule has 1 unspecified atom stereocenters. The molecule has 156 valence electrons. The van der Waals surface area contributed by atoms with Gasteiger partial charge in [0.15, 0.2) is 11.5 Å². The van der Waals surface area contributed by atoms with Gasteiger partial charge in [-0.3, -0.25) is 14.5 Å². The van der Waals surface area contributed by atoms with Gasteiger partial charge in [-0.25, -0.2) is 0 Å². The summed E-state index contributed by atoms with van der Waals surface area (Å²) >= 11 is 6.12. The molecule has 0 fully saturated rings. The van der Waals surface area contributed by atoms with E-state index in [4.69, 9.17) is 11.6 Å². The Morgan fingerprint density at radius 3 is 2.32 bits per heavy atom. The third kappa shape index (κ3) is 4.18. The van der Waals surface area contributed by atoms with E-state index in [1.807, 2.05) is 30.3 Å². The molecule has 0 aromatic heterocycles. The molecule has 1 atom stereocenters. The van der Waals surface area contributed by atoms with Crippen LogP contribution in [0, 0.1) is 0 Å². The number of phenols is 1. The van der Waals surface area contributed by atoms with E-state index in [1.54, 1.807) is 36.4 Å². The highest BCUT2D eigenvalue weighted by atomic mass is 35.5. The Labute approximate surface area is 184 Å². The summed E-state index contributed by atoms with van der Waals surface area (Å²) in [5.74, 6) is -1.47. The van der Waals surface area contributed by atoms with E-state index < -0.39 is 17.7 Å². The third-order valence-electron chi connectivity index (χ3n) is 5.29. The van der Waals surface area contributed by atoms with Crippen molar-refractivity contribution in [1.82, 2.24) is 0 Å². The van der Waals surface area contributed by atoms with E-state index in [-0.39, 0.29) is 23.5 Å². The quantitative estimate of drug-likeness (QED) is 0.563. The zero-order valence-electron chi connectivity index (χ0n) is 16.5. The molecule has 0 saturated carbocycles. The van der Waals surface area contributed by atoms with Gasteiger partial charge in [0.25, 0.3) is 5.91 Å². The molecule has 1 amide bonds. The number of amides is 1. The van der Waals surface area contributed by atoms with Crippen LogP contribution in [0.3, 0.4) is 0 Å². The van der Waals surface area contributed by atoms with Gasteiger partial charge in [-0.2, -0.15) is 0 Å². The van der Waals surface area contributed by atoms with Crippen molar-refractivity contribution in [3.05, 3.63) is 106 Å². The first-order chi connectivity index (χ1) is 15.0. The predicted octanol–water partition coefficient (Wildman–Crippen LogP) is 5.15. The standard InChI is InChI=1S/C25H20ClNO4/c26-18-7-4-8-19(15-18)27-23(17-10-12-20(28)13-11-17)22(24(30)25(27)31)21(29)14-9-16-5-2-1-3-6-16/h1-8,10-13,15,23,28,30H,9,14H2. The fourth-order valence-corrected chi connectivity index (χ4v) is 3.98. The van der Waals surface area contributed by atoms with Crippen LogP contribution < -0.4 is 4.90 Å². The second-order valence-corrected chi connectivity index (χ2v) is 7.76. The summed E-state index contributed by atoms with van der Waals surface area (Å²) in [6.45, 7) is 0. The molecule has 6 heteroatoms. The van der Waals surface area contributed by atoms with E-state index >= 15 is 0 Å². The summed E-state index contributed by atoms with van der Waals surface area (Å²) in [4.78, 5) is 27.6. The van der Waals surface area contributed by atoms with Gasteiger partial charge in [0.2, 0.25) is 0 Å². The molecular weight excluding hydrogens is 414 g/mol. The maximum absolute atomic E-state index is 13.2. The molecule has 0 aliphatic carbocycles. The molecule has 3 aromatic carbocycles. The number of anilines is 1. The predicted molar refractivity (Wildman–Crippen MR) is 119 cm³/mol. The highest BCUT2D eigenvalue weighted by Crippen LogP contribution is 2.42. The van der Waals surface area contributed by atoms with Crippen molar-refractivity contribution < 1.29 is 19.8 Å². The van der Waals surface area contributed by atoms with Crippen molar-refractivity contribution in [1.29, 1.82) is 0 Å². The summed E-state index contributed by atoms with van der Waals surface area (Å²) in [5.41, 5.74) is 2.10. The summed E-state index contributed by atoms with van der Waals surface area (Å²) in [5, 5.41) is 20.8. The molecule has 0 saturated heterocycles. The number of nitrogens with zero attached hydrogens (tertiary/aromatic N) is 1. The van der Waals surface area contributed by atoms with Crippen molar-refractivity contribution in [2.45, 2.75) is 18.9 Å². The van der Waals surface area contributed by atoms with Gasteiger partial charge in [0, 0.05) is 17.1 Å². The van der Waals surface area contributed by atoms with Crippen LogP contribution in [0.2, 0.25) is 5.02 Å². The van der Waals surface area contributed by atoms with Gasteiger partial charge in [-0.05, 0) is 47.9 Å². The molecule has 4 rings (SSSR count). The Morgan fingerprint density at radius 1 is 0.935 bits per heavy atom. The maximum atomic E-state index is 13.2. The first-order valence-electron chi connectivity index (χ1n) is 9.84. The normalized spacial score (nSPS) is 16.1.